The van der Waals surface area contributed by atoms with Gasteiger partial charge in [0, 0.05) is 24.6 Å². The number of thioether (sulfide) groups is 1. The maximum absolute atomic E-state index is 12.8. The van der Waals surface area contributed by atoms with Crippen LogP contribution in [-0.2, 0) is 10.0 Å². The maximum atomic E-state index is 12.8. The van der Waals surface area contributed by atoms with E-state index in [2.05, 4.69) is 9.71 Å². The Balaban J connectivity index is 1.62. The standard InChI is InChI=1S/C20H20N6O4S2/c1-30-17-4-2-15(3-5-17)6-11-32(28,29)23-16-12-22-19-18(24-7-9-31-10-8-24)20(27)26(14-21)25(19)13-16/h2-6,11-13,23H,7-10H2,1H3. The number of hydrogen-bond donors (Lipinski definition) is 1. The van der Waals surface area contributed by atoms with Crippen molar-refractivity contribution in [3.05, 3.63) is 58.0 Å². The van der Waals surface area contributed by atoms with Crippen molar-refractivity contribution in [1.29, 1.82) is 5.26 Å². The Kier molecular flexibility index (Phi) is 6.11. The number of ether oxygens (including phenoxy) is 1. The lowest BCUT2D eigenvalue weighted by Crippen LogP contribution is -2.35. The minimum absolute atomic E-state index is 0.122. The second kappa shape index (κ2) is 8.97. The molecule has 3 aromatic rings. The quantitative estimate of drug-likeness (QED) is 0.576. The maximum Gasteiger partial charge on any atom is 0.306 e. The molecule has 0 atom stereocenters. The number of sulfonamides is 1. The molecule has 10 nitrogen and oxygen atoms in total. The van der Waals surface area contributed by atoms with Crippen LogP contribution >= 0.6 is 11.8 Å². The van der Waals surface area contributed by atoms with Crippen molar-refractivity contribution in [1.82, 2.24) is 14.2 Å². The van der Waals surface area contributed by atoms with E-state index in [1.54, 1.807) is 43.1 Å². The largest absolute Gasteiger partial charge is 0.497 e. The summed E-state index contributed by atoms with van der Waals surface area (Å²) in [5.41, 5.74) is 0.974. The molecule has 4 rings (SSSR count). The number of aromatic nitrogens is 3. The molecule has 0 spiro atoms. The summed E-state index contributed by atoms with van der Waals surface area (Å²) in [6, 6.07) is 6.90. The van der Waals surface area contributed by atoms with Gasteiger partial charge in [0.15, 0.2) is 11.3 Å². The zero-order valence-corrected chi connectivity index (χ0v) is 18.8. The molecular formula is C20H20N6O4S2. The van der Waals surface area contributed by atoms with Crippen LogP contribution in [0.15, 0.2) is 46.9 Å². The van der Waals surface area contributed by atoms with Crippen molar-refractivity contribution in [2.75, 3.05) is 41.3 Å². The van der Waals surface area contributed by atoms with E-state index in [9.17, 15) is 18.5 Å². The number of hydrogen-bond acceptors (Lipinski definition) is 8. The predicted molar refractivity (Wildman–Crippen MR) is 125 cm³/mol. The second-order valence-electron chi connectivity index (χ2n) is 6.90. The van der Waals surface area contributed by atoms with Gasteiger partial charge in [0.05, 0.1) is 30.6 Å². The summed E-state index contributed by atoms with van der Waals surface area (Å²) in [5.74, 6) is 2.42. The molecule has 0 unspecified atom stereocenters. The van der Waals surface area contributed by atoms with E-state index in [1.165, 1.54) is 23.0 Å². The summed E-state index contributed by atoms with van der Waals surface area (Å²) in [5, 5.41) is 10.5. The first-order chi connectivity index (χ1) is 15.4. The lowest BCUT2D eigenvalue weighted by atomic mass is 10.2. The number of nitrogens with zero attached hydrogens (tertiary/aromatic N) is 5. The van der Waals surface area contributed by atoms with E-state index in [0.717, 1.165) is 21.6 Å². The number of rotatable bonds is 6. The van der Waals surface area contributed by atoms with Crippen molar-refractivity contribution in [3.8, 4) is 11.9 Å². The van der Waals surface area contributed by atoms with Crippen molar-refractivity contribution in [3.63, 3.8) is 0 Å². The Hall–Kier alpha value is -3.43. The lowest BCUT2D eigenvalue weighted by molar-refractivity contribution is 0.415. The van der Waals surface area contributed by atoms with Gasteiger partial charge in [0.2, 0.25) is 6.19 Å². The Morgan fingerprint density at radius 3 is 2.62 bits per heavy atom. The number of nitriles is 1. The highest BCUT2D eigenvalue weighted by molar-refractivity contribution is 7.99. The topological polar surface area (TPSA) is 122 Å². The van der Waals surface area contributed by atoms with Crippen LogP contribution in [0.4, 0.5) is 11.4 Å². The van der Waals surface area contributed by atoms with Gasteiger partial charge in [0.25, 0.3) is 10.0 Å². The fraction of sp³-hybridized carbons (Fsp3) is 0.250. The molecule has 1 aliphatic rings. The average molecular weight is 473 g/mol. The lowest BCUT2D eigenvalue weighted by Gasteiger charge is -2.26. The van der Waals surface area contributed by atoms with Gasteiger partial charge in [-0.05, 0) is 23.8 Å². The molecule has 2 aromatic heterocycles. The molecule has 0 radical (unpaired) electrons. The minimum atomic E-state index is -3.86. The van der Waals surface area contributed by atoms with Gasteiger partial charge in [-0.2, -0.15) is 17.0 Å². The fourth-order valence-corrected chi connectivity index (χ4v) is 5.06. The first kappa shape index (κ1) is 21.8. The Bertz CT molecular complexity index is 1360. The van der Waals surface area contributed by atoms with Crippen LogP contribution in [-0.4, -0.2) is 54.3 Å². The Morgan fingerprint density at radius 1 is 1.25 bits per heavy atom. The molecule has 1 saturated heterocycles. The molecule has 0 saturated carbocycles. The highest BCUT2D eigenvalue weighted by Gasteiger charge is 2.23. The summed E-state index contributed by atoms with van der Waals surface area (Å²) in [6.07, 6.45) is 5.98. The molecule has 32 heavy (non-hydrogen) atoms. The molecule has 1 aromatic carbocycles. The van der Waals surface area contributed by atoms with Crippen LogP contribution in [0.1, 0.15) is 5.56 Å². The molecule has 0 bridgehead atoms. The average Bonchev–Trinajstić information content (AvgIpc) is 3.08. The van der Waals surface area contributed by atoms with Crippen molar-refractivity contribution >= 4 is 44.9 Å². The van der Waals surface area contributed by atoms with Gasteiger partial charge in [-0.3, -0.25) is 9.52 Å². The zero-order chi connectivity index (χ0) is 22.7. The second-order valence-corrected chi connectivity index (χ2v) is 9.69. The van der Waals surface area contributed by atoms with Crippen LogP contribution in [0.2, 0.25) is 0 Å². The molecule has 0 aliphatic carbocycles. The van der Waals surface area contributed by atoms with Crippen molar-refractivity contribution < 1.29 is 13.2 Å². The molecule has 166 valence electrons. The summed E-state index contributed by atoms with van der Waals surface area (Å²) >= 11 is 1.80. The Morgan fingerprint density at radius 2 is 1.97 bits per heavy atom. The normalized spacial score (nSPS) is 14.6. The third-order valence-electron chi connectivity index (χ3n) is 4.86. The highest BCUT2D eigenvalue weighted by Crippen LogP contribution is 2.22. The molecule has 1 N–H and O–H groups in total. The van der Waals surface area contributed by atoms with Gasteiger partial charge in [0.1, 0.15) is 5.75 Å². The van der Waals surface area contributed by atoms with E-state index in [1.807, 2.05) is 11.1 Å². The van der Waals surface area contributed by atoms with Gasteiger partial charge in [-0.25, -0.2) is 17.9 Å². The summed E-state index contributed by atoms with van der Waals surface area (Å²) in [7, 11) is -2.31. The van der Waals surface area contributed by atoms with E-state index in [-0.39, 0.29) is 5.69 Å². The van der Waals surface area contributed by atoms with Crippen molar-refractivity contribution in [2.45, 2.75) is 0 Å². The van der Waals surface area contributed by atoms with Crippen LogP contribution in [0.5, 0.6) is 5.75 Å². The Labute approximate surface area is 188 Å². The number of methoxy groups -OCH3 is 1. The van der Waals surface area contributed by atoms with Crippen LogP contribution in [0, 0.1) is 11.5 Å². The smallest absolute Gasteiger partial charge is 0.306 e. The van der Waals surface area contributed by atoms with Crippen LogP contribution in [0.3, 0.4) is 0 Å². The van der Waals surface area contributed by atoms with Gasteiger partial charge in [-0.15, -0.1) is 4.68 Å². The summed E-state index contributed by atoms with van der Waals surface area (Å²) < 4.78 is 34.6. The third-order valence-corrected chi connectivity index (χ3v) is 6.82. The van der Waals surface area contributed by atoms with Gasteiger partial charge < -0.3 is 9.64 Å². The zero-order valence-electron chi connectivity index (χ0n) is 17.1. The monoisotopic (exact) mass is 472 g/mol. The van der Waals surface area contributed by atoms with Crippen molar-refractivity contribution in [2.24, 2.45) is 0 Å². The first-order valence-electron chi connectivity index (χ1n) is 9.63. The number of fused-ring (bicyclic) bond motifs is 1. The molecule has 1 aliphatic heterocycles. The number of anilines is 2. The predicted octanol–water partition coefficient (Wildman–Crippen LogP) is 1.80. The minimum Gasteiger partial charge on any atom is -0.497 e. The SMILES string of the molecule is COc1ccc(C=CS(=O)(=O)Nc2cnc3c(N4CCSCC4)c(=O)n(C#N)n3c2)cc1. The van der Waals surface area contributed by atoms with Crippen LogP contribution < -0.4 is 19.9 Å². The highest BCUT2D eigenvalue weighted by atomic mass is 32.2. The first-order valence-corrected chi connectivity index (χ1v) is 12.3. The molecule has 1 fully saturated rings. The number of nitrogens with one attached hydrogen (secondary N) is 1. The van der Waals surface area contributed by atoms with Gasteiger partial charge >= 0.3 is 5.56 Å². The van der Waals surface area contributed by atoms with E-state index >= 15 is 0 Å². The molecule has 12 heteroatoms. The molecular weight excluding hydrogens is 452 g/mol. The third kappa shape index (κ3) is 4.44. The summed E-state index contributed by atoms with van der Waals surface area (Å²) in [6.45, 7) is 1.36. The number of benzene rings is 1. The van der Waals surface area contributed by atoms with E-state index < -0.39 is 15.6 Å². The van der Waals surface area contributed by atoms with E-state index in [0.29, 0.717) is 35.7 Å². The molecule has 0 amide bonds. The van der Waals surface area contributed by atoms with E-state index in [4.69, 9.17) is 4.74 Å². The van der Waals surface area contributed by atoms with Gasteiger partial charge in [-0.1, -0.05) is 12.1 Å². The fourth-order valence-electron chi connectivity index (χ4n) is 3.32. The van der Waals surface area contributed by atoms with Crippen LogP contribution in [0.25, 0.3) is 11.7 Å². The molecule has 3 heterocycles. The summed E-state index contributed by atoms with van der Waals surface area (Å²) in [4.78, 5) is 19.0.